The van der Waals surface area contributed by atoms with Crippen LogP contribution in [0.5, 0.6) is 0 Å². The molecule has 0 aliphatic rings. The molecule has 0 fully saturated rings. The van der Waals surface area contributed by atoms with Crippen molar-refractivity contribution in [2.24, 2.45) is 7.05 Å². The maximum atomic E-state index is 12.2. The van der Waals surface area contributed by atoms with Gasteiger partial charge in [-0.1, -0.05) is 24.6 Å². The summed E-state index contributed by atoms with van der Waals surface area (Å²) in [6, 6.07) is 6.19. The van der Waals surface area contributed by atoms with E-state index >= 15 is 0 Å². The molecule has 7 heteroatoms. The quantitative estimate of drug-likeness (QED) is 0.909. The highest BCUT2D eigenvalue weighted by Crippen LogP contribution is 2.24. The van der Waals surface area contributed by atoms with Crippen LogP contribution in [-0.4, -0.2) is 26.8 Å². The summed E-state index contributed by atoms with van der Waals surface area (Å²) in [6.45, 7) is 1.93. The summed E-state index contributed by atoms with van der Waals surface area (Å²) in [5.41, 5.74) is 1.15. The number of hydrogen-bond donors (Lipinski definition) is 2. The number of aryl methyl sites for hydroxylation is 2. The van der Waals surface area contributed by atoms with Gasteiger partial charge in [-0.05, 0) is 24.6 Å². The highest BCUT2D eigenvalue weighted by Gasteiger charge is 2.18. The molecule has 2 rings (SSSR count). The molecule has 0 spiro atoms. The standard InChI is InChI=1S/C14H14ClN3O3/c1-3-8-7-11(18(2)17-8)13(19)16-10-6-4-5-9(15)12(10)14(20)21/h4-7H,3H2,1-2H3,(H,16,19)(H,20,21). The molecule has 0 saturated carbocycles. The normalized spacial score (nSPS) is 10.4. The van der Waals surface area contributed by atoms with Gasteiger partial charge in [0, 0.05) is 7.05 Å². The van der Waals surface area contributed by atoms with E-state index < -0.39 is 11.9 Å². The van der Waals surface area contributed by atoms with Crippen LogP contribution in [0.3, 0.4) is 0 Å². The smallest absolute Gasteiger partial charge is 0.339 e. The van der Waals surface area contributed by atoms with Gasteiger partial charge in [0.25, 0.3) is 5.91 Å². The minimum Gasteiger partial charge on any atom is -0.478 e. The molecule has 1 amide bonds. The van der Waals surface area contributed by atoms with Crippen LogP contribution in [0, 0.1) is 0 Å². The maximum Gasteiger partial charge on any atom is 0.339 e. The minimum absolute atomic E-state index is 0.0690. The number of rotatable bonds is 4. The molecule has 0 aliphatic carbocycles. The Kier molecular flexibility index (Phi) is 4.28. The van der Waals surface area contributed by atoms with E-state index in [0.717, 1.165) is 5.69 Å². The monoisotopic (exact) mass is 307 g/mol. The van der Waals surface area contributed by atoms with Crippen LogP contribution < -0.4 is 5.32 Å². The number of nitrogens with zero attached hydrogens (tertiary/aromatic N) is 2. The number of amides is 1. The van der Waals surface area contributed by atoms with Crippen molar-refractivity contribution in [1.29, 1.82) is 0 Å². The summed E-state index contributed by atoms with van der Waals surface area (Å²) in [7, 11) is 1.66. The van der Waals surface area contributed by atoms with E-state index in [-0.39, 0.29) is 16.3 Å². The molecule has 1 heterocycles. The zero-order valence-corrected chi connectivity index (χ0v) is 12.3. The summed E-state index contributed by atoms with van der Waals surface area (Å²) in [5.74, 6) is -1.63. The third-order valence-electron chi connectivity index (χ3n) is 3.00. The molecule has 1 aromatic carbocycles. The number of carboxylic acids is 1. The van der Waals surface area contributed by atoms with Crippen LogP contribution in [0.15, 0.2) is 24.3 Å². The summed E-state index contributed by atoms with van der Waals surface area (Å²) in [5, 5.41) is 16.0. The number of halogens is 1. The summed E-state index contributed by atoms with van der Waals surface area (Å²) in [4.78, 5) is 23.5. The van der Waals surface area contributed by atoms with Gasteiger partial charge in [0.15, 0.2) is 0 Å². The fraction of sp³-hybridized carbons (Fsp3) is 0.214. The first-order chi connectivity index (χ1) is 9.93. The van der Waals surface area contributed by atoms with Crippen molar-refractivity contribution in [3.63, 3.8) is 0 Å². The number of hydrogen-bond acceptors (Lipinski definition) is 3. The Morgan fingerprint density at radius 3 is 2.71 bits per heavy atom. The summed E-state index contributed by atoms with van der Waals surface area (Å²) >= 11 is 5.86. The van der Waals surface area contributed by atoms with Gasteiger partial charge in [-0.15, -0.1) is 0 Å². The average Bonchev–Trinajstić information content (AvgIpc) is 2.79. The molecule has 0 atom stereocenters. The maximum absolute atomic E-state index is 12.2. The van der Waals surface area contributed by atoms with Crippen LogP contribution in [0.4, 0.5) is 5.69 Å². The second-order valence-corrected chi connectivity index (χ2v) is 4.83. The van der Waals surface area contributed by atoms with Crippen molar-refractivity contribution in [1.82, 2.24) is 9.78 Å². The lowest BCUT2D eigenvalue weighted by Gasteiger charge is -2.09. The number of carboxylic acid groups (broad SMARTS) is 1. The van der Waals surface area contributed by atoms with Crippen LogP contribution in [0.1, 0.15) is 33.5 Å². The predicted octanol–water partition coefficient (Wildman–Crippen LogP) is 2.59. The average molecular weight is 308 g/mol. The lowest BCUT2D eigenvalue weighted by molar-refractivity contribution is 0.0698. The van der Waals surface area contributed by atoms with Gasteiger partial charge in [-0.3, -0.25) is 9.48 Å². The van der Waals surface area contributed by atoms with Crippen LogP contribution in [0.25, 0.3) is 0 Å². The van der Waals surface area contributed by atoms with E-state index in [4.69, 9.17) is 11.6 Å². The van der Waals surface area contributed by atoms with Gasteiger partial charge >= 0.3 is 5.97 Å². The predicted molar refractivity (Wildman–Crippen MR) is 79.0 cm³/mol. The topological polar surface area (TPSA) is 84.2 Å². The van der Waals surface area contributed by atoms with Gasteiger partial charge in [0.2, 0.25) is 0 Å². The van der Waals surface area contributed by atoms with E-state index in [9.17, 15) is 14.7 Å². The van der Waals surface area contributed by atoms with Gasteiger partial charge < -0.3 is 10.4 Å². The number of benzene rings is 1. The lowest BCUT2D eigenvalue weighted by Crippen LogP contribution is -2.18. The van der Waals surface area contributed by atoms with Gasteiger partial charge in [0.05, 0.1) is 16.4 Å². The van der Waals surface area contributed by atoms with Crippen molar-refractivity contribution in [2.75, 3.05) is 5.32 Å². The van der Waals surface area contributed by atoms with Crippen LogP contribution >= 0.6 is 11.6 Å². The van der Waals surface area contributed by atoms with Crippen molar-refractivity contribution < 1.29 is 14.7 Å². The molecular weight excluding hydrogens is 294 g/mol. The van der Waals surface area contributed by atoms with Gasteiger partial charge in [-0.2, -0.15) is 5.10 Å². The zero-order valence-electron chi connectivity index (χ0n) is 11.6. The third kappa shape index (κ3) is 3.05. The molecule has 0 radical (unpaired) electrons. The first kappa shape index (κ1) is 15.1. The Morgan fingerprint density at radius 1 is 1.43 bits per heavy atom. The molecular formula is C14H14ClN3O3. The second-order valence-electron chi connectivity index (χ2n) is 4.42. The molecule has 0 saturated heterocycles. The number of carbonyl (C=O) groups is 2. The van der Waals surface area contributed by atoms with Crippen molar-refractivity contribution in [3.05, 3.63) is 46.2 Å². The Bertz CT molecular complexity index is 709. The Hall–Kier alpha value is -2.34. The number of nitrogens with one attached hydrogen (secondary N) is 1. The van der Waals surface area contributed by atoms with Crippen LogP contribution in [-0.2, 0) is 13.5 Å². The molecule has 2 aromatic rings. The molecule has 1 aromatic heterocycles. The van der Waals surface area contributed by atoms with E-state index in [0.29, 0.717) is 12.1 Å². The van der Waals surface area contributed by atoms with Gasteiger partial charge in [0.1, 0.15) is 11.3 Å². The third-order valence-corrected chi connectivity index (χ3v) is 3.32. The van der Waals surface area contributed by atoms with E-state index in [2.05, 4.69) is 10.4 Å². The SMILES string of the molecule is CCc1cc(C(=O)Nc2cccc(Cl)c2C(=O)O)n(C)n1. The first-order valence-electron chi connectivity index (χ1n) is 6.30. The van der Waals surface area contributed by atoms with Crippen molar-refractivity contribution in [3.8, 4) is 0 Å². The zero-order chi connectivity index (χ0) is 15.6. The highest BCUT2D eigenvalue weighted by atomic mass is 35.5. The van der Waals surface area contributed by atoms with E-state index in [1.807, 2.05) is 6.92 Å². The number of anilines is 1. The molecule has 6 nitrogen and oxygen atoms in total. The fourth-order valence-electron chi connectivity index (χ4n) is 1.94. The summed E-state index contributed by atoms with van der Waals surface area (Å²) < 4.78 is 1.46. The number of aromatic carboxylic acids is 1. The molecule has 2 N–H and O–H groups in total. The van der Waals surface area contributed by atoms with Crippen molar-refractivity contribution in [2.45, 2.75) is 13.3 Å². The number of aromatic nitrogens is 2. The van der Waals surface area contributed by atoms with E-state index in [1.54, 1.807) is 19.2 Å². The fourth-order valence-corrected chi connectivity index (χ4v) is 2.20. The van der Waals surface area contributed by atoms with Crippen LogP contribution in [0.2, 0.25) is 5.02 Å². The highest BCUT2D eigenvalue weighted by molar-refractivity contribution is 6.34. The second kappa shape index (κ2) is 5.97. The largest absolute Gasteiger partial charge is 0.478 e. The molecule has 0 aliphatic heterocycles. The Labute approximate surface area is 126 Å². The lowest BCUT2D eigenvalue weighted by atomic mass is 10.1. The first-order valence-corrected chi connectivity index (χ1v) is 6.68. The van der Waals surface area contributed by atoms with E-state index in [1.165, 1.54) is 16.8 Å². The molecule has 110 valence electrons. The number of carbonyl (C=O) groups excluding carboxylic acids is 1. The molecule has 0 bridgehead atoms. The molecule has 0 unspecified atom stereocenters. The minimum atomic E-state index is -1.20. The Balaban J connectivity index is 2.34. The molecule has 21 heavy (non-hydrogen) atoms. The summed E-state index contributed by atoms with van der Waals surface area (Å²) in [6.07, 6.45) is 0.707. The van der Waals surface area contributed by atoms with Gasteiger partial charge in [-0.25, -0.2) is 4.79 Å². The van der Waals surface area contributed by atoms with Crippen molar-refractivity contribution >= 4 is 29.2 Å². The Morgan fingerprint density at radius 2 is 2.14 bits per heavy atom.